The maximum absolute atomic E-state index is 10.6. The van der Waals surface area contributed by atoms with Crippen LogP contribution in [-0.2, 0) is 11.2 Å². The van der Waals surface area contributed by atoms with Crippen molar-refractivity contribution in [2.75, 3.05) is 0 Å². The molecule has 0 saturated carbocycles. The third-order valence-electron chi connectivity index (χ3n) is 2.44. The number of aryl methyl sites for hydroxylation is 2. The van der Waals surface area contributed by atoms with Gasteiger partial charge in [-0.2, -0.15) is 0 Å². The summed E-state index contributed by atoms with van der Waals surface area (Å²) in [6, 6.07) is 9.42. The average molecular weight is 274 g/mol. The quantitative estimate of drug-likeness (QED) is 0.869. The van der Waals surface area contributed by atoms with Crippen LogP contribution in [0.4, 0.5) is 0 Å². The summed E-state index contributed by atoms with van der Waals surface area (Å²) < 4.78 is 0. The maximum atomic E-state index is 10.6. The van der Waals surface area contributed by atoms with Gasteiger partial charge in [-0.05, 0) is 37.6 Å². The SMILES string of the molecule is Cc1cc(Sc2ccc(CC(=O)O)cc2)nc(C)n1. The van der Waals surface area contributed by atoms with E-state index in [1.54, 1.807) is 11.8 Å². The van der Waals surface area contributed by atoms with Crippen molar-refractivity contribution in [3.8, 4) is 0 Å². The monoisotopic (exact) mass is 274 g/mol. The molecule has 1 N–H and O–H groups in total. The fourth-order valence-electron chi connectivity index (χ4n) is 1.71. The number of rotatable bonds is 4. The topological polar surface area (TPSA) is 63.1 Å². The zero-order chi connectivity index (χ0) is 13.8. The van der Waals surface area contributed by atoms with Crippen molar-refractivity contribution in [2.45, 2.75) is 30.2 Å². The molecule has 0 atom stereocenters. The van der Waals surface area contributed by atoms with Gasteiger partial charge in [0, 0.05) is 10.6 Å². The van der Waals surface area contributed by atoms with E-state index in [0.29, 0.717) is 0 Å². The molecule has 0 spiro atoms. The molecule has 1 aromatic heterocycles. The summed E-state index contributed by atoms with van der Waals surface area (Å²) in [4.78, 5) is 20.2. The highest BCUT2D eigenvalue weighted by Crippen LogP contribution is 2.26. The van der Waals surface area contributed by atoms with Gasteiger partial charge in [-0.25, -0.2) is 9.97 Å². The number of hydrogen-bond acceptors (Lipinski definition) is 4. The zero-order valence-electron chi connectivity index (χ0n) is 10.8. The van der Waals surface area contributed by atoms with Gasteiger partial charge in [0.25, 0.3) is 0 Å². The highest BCUT2D eigenvalue weighted by atomic mass is 32.2. The van der Waals surface area contributed by atoms with Crippen LogP contribution in [0.25, 0.3) is 0 Å². The minimum Gasteiger partial charge on any atom is -0.481 e. The molecule has 0 bridgehead atoms. The Labute approximate surface area is 115 Å². The number of carbonyl (C=O) groups is 1. The van der Waals surface area contributed by atoms with Crippen molar-refractivity contribution in [3.05, 3.63) is 47.4 Å². The summed E-state index contributed by atoms with van der Waals surface area (Å²) in [5.41, 5.74) is 1.74. The van der Waals surface area contributed by atoms with Gasteiger partial charge in [0.1, 0.15) is 10.9 Å². The molecule has 2 aromatic rings. The van der Waals surface area contributed by atoms with Crippen LogP contribution in [0.5, 0.6) is 0 Å². The highest BCUT2D eigenvalue weighted by Gasteiger charge is 2.04. The molecule has 1 aromatic carbocycles. The van der Waals surface area contributed by atoms with Gasteiger partial charge in [0.15, 0.2) is 0 Å². The summed E-state index contributed by atoms with van der Waals surface area (Å²) >= 11 is 1.54. The first-order chi connectivity index (χ1) is 9.02. The van der Waals surface area contributed by atoms with Gasteiger partial charge in [0.05, 0.1) is 6.42 Å². The molecule has 4 nitrogen and oxygen atoms in total. The first-order valence-corrected chi connectivity index (χ1v) is 6.65. The summed E-state index contributed by atoms with van der Waals surface area (Å²) in [5.74, 6) is -0.0625. The van der Waals surface area contributed by atoms with Gasteiger partial charge >= 0.3 is 5.97 Å². The Morgan fingerprint density at radius 1 is 1.21 bits per heavy atom. The number of carboxylic acid groups (broad SMARTS) is 1. The molecule has 5 heteroatoms. The summed E-state index contributed by atoms with van der Waals surface area (Å²) in [6.45, 7) is 3.81. The Morgan fingerprint density at radius 2 is 1.89 bits per heavy atom. The van der Waals surface area contributed by atoms with Crippen molar-refractivity contribution in [2.24, 2.45) is 0 Å². The van der Waals surface area contributed by atoms with Crippen LogP contribution < -0.4 is 0 Å². The molecule has 0 aliphatic carbocycles. The predicted octanol–water partition coefficient (Wildman–Crippen LogP) is 2.87. The molecule has 0 fully saturated rings. The van der Waals surface area contributed by atoms with Crippen LogP contribution in [0, 0.1) is 13.8 Å². The molecule has 0 radical (unpaired) electrons. The van der Waals surface area contributed by atoms with E-state index < -0.39 is 5.97 Å². The van der Waals surface area contributed by atoms with Crippen molar-refractivity contribution < 1.29 is 9.90 Å². The lowest BCUT2D eigenvalue weighted by atomic mass is 10.2. The maximum Gasteiger partial charge on any atom is 0.307 e. The van der Waals surface area contributed by atoms with Crippen molar-refractivity contribution >= 4 is 17.7 Å². The van der Waals surface area contributed by atoms with E-state index in [0.717, 1.165) is 27.0 Å². The number of hydrogen-bond donors (Lipinski definition) is 1. The van der Waals surface area contributed by atoms with E-state index in [1.165, 1.54) is 0 Å². The predicted molar refractivity (Wildman–Crippen MR) is 73.4 cm³/mol. The van der Waals surface area contributed by atoms with Gasteiger partial charge < -0.3 is 5.11 Å². The van der Waals surface area contributed by atoms with E-state index in [9.17, 15) is 4.79 Å². The lowest BCUT2D eigenvalue weighted by Crippen LogP contribution is -1.99. The number of benzene rings is 1. The smallest absolute Gasteiger partial charge is 0.307 e. The van der Waals surface area contributed by atoms with Gasteiger partial charge in [-0.3, -0.25) is 4.79 Å². The van der Waals surface area contributed by atoms with Crippen molar-refractivity contribution in [1.82, 2.24) is 9.97 Å². The van der Waals surface area contributed by atoms with Gasteiger partial charge in [0.2, 0.25) is 0 Å². The van der Waals surface area contributed by atoms with Gasteiger partial charge in [-0.1, -0.05) is 23.9 Å². The van der Waals surface area contributed by atoms with E-state index in [-0.39, 0.29) is 6.42 Å². The van der Waals surface area contributed by atoms with Crippen LogP contribution in [0.1, 0.15) is 17.1 Å². The molecular weight excluding hydrogens is 260 g/mol. The molecule has 98 valence electrons. The highest BCUT2D eigenvalue weighted by molar-refractivity contribution is 7.99. The molecule has 0 aliphatic heterocycles. The lowest BCUT2D eigenvalue weighted by molar-refractivity contribution is -0.136. The van der Waals surface area contributed by atoms with E-state index in [2.05, 4.69) is 9.97 Å². The molecule has 0 amide bonds. The number of aromatic nitrogens is 2. The summed E-state index contributed by atoms with van der Waals surface area (Å²) in [6.07, 6.45) is 0.0523. The standard InChI is InChI=1S/C14H14N2O2S/c1-9-7-13(16-10(2)15-9)19-12-5-3-11(4-6-12)8-14(17)18/h3-7H,8H2,1-2H3,(H,17,18). The molecule has 0 saturated heterocycles. The zero-order valence-corrected chi connectivity index (χ0v) is 11.6. The molecule has 0 aliphatic rings. The first kappa shape index (κ1) is 13.5. The fourth-order valence-corrected chi connectivity index (χ4v) is 2.63. The van der Waals surface area contributed by atoms with Crippen molar-refractivity contribution in [3.63, 3.8) is 0 Å². The van der Waals surface area contributed by atoms with Crippen LogP contribution >= 0.6 is 11.8 Å². The van der Waals surface area contributed by atoms with E-state index in [1.807, 2.05) is 44.2 Å². The van der Waals surface area contributed by atoms with Gasteiger partial charge in [-0.15, -0.1) is 0 Å². The largest absolute Gasteiger partial charge is 0.481 e. The minimum atomic E-state index is -0.817. The van der Waals surface area contributed by atoms with E-state index >= 15 is 0 Å². The average Bonchev–Trinajstić information content (AvgIpc) is 2.29. The Kier molecular flexibility index (Phi) is 4.16. The Bertz CT molecular complexity index is 577. The molecular formula is C14H14N2O2S. The fraction of sp³-hybridized carbons (Fsp3) is 0.214. The number of nitrogens with zero attached hydrogens (tertiary/aromatic N) is 2. The second-order valence-electron chi connectivity index (χ2n) is 4.21. The molecule has 1 heterocycles. The Morgan fingerprint density at radius 3 is 2.47 bits per heavy atom. The third-order valence-corrected chi connectivity index (χ3v) is 3.37. The molecule has 19 heavy (non-hydrogen) atoms. The van der Waals surface area contributed by atoms with Crippen molar-refractivity contribution in [1.29, 1.82) is 0 Å². The second kappa shape index (κ2) is 5.84. The number of aliphatic carboxylic acids is 1. The number of carboxylic acids is 1. The Hall–Kier alpha value is -1.88. The van der Waals surface area contributed by atoms with Crippen LogP contribution in [0.2, 0.25) is 0 Å². The lowest BCUT2D eigenvalue weighted by Gasteiger charge is -2.04. The third kappa shape index (κ3) is 4.06. The van der Waals surface area contributed by atoms with Crippen LogP contribution in [0.15, 0.2) is 40.3 Å². The molecule has 2 rings (SSSR count). The summed E-state index contributed by atoms with van der Waals surface area (Å²) in [5, 5.41) is 9.61. The normalized spacial score (nSPS) is 10.4. The summed E-state index contributed by atoms with van der Waals surface area (Å²) in [7, 11) is 0. The van der Waals surface area contributed by atoms with Crippen LogP contribution in [0.3, 0.4) is 0 Å². The van der Waals surface area contributed by atoms with Crippen LogP contribution in [-0.4, -0.2) is 21.0 Å². The Balaban J connectivity index is 2.12. The minimum absolute atomic E-state index is 0.0523. The van der Waals surface area contributed by atoms with E-state index in [4.69, 9.17) is 5.11 Å². The molecule has 0 unspecified atom stereocenters. The first-order valence-electron chi connectivity index (χ1n) is 5.84. The second-order valence-corrected chi connectivity index (χ2v) is 5.31.